The lowest BCUT2D eigenvalue weighted by Gasteiger charge is -2.32. The molecule has 1 aromatic heterocycles. The van der Waals surface area contributed by atoms with Crippen molar-refractivity contribution in [2.24, 2.45) is 0 Å². The Kier molecular flexibility index (Phi) is 5.50. The quantitative estimate of drug-likeness (QED) is 0.905. The maximum atomic E-state index is 12.3. The van der Waals surface area contributed by atoms with Crippen LogP contribution in [-0.2, 0) is 6.54 Å². The molecule has 2 aromatic rings. The predicted molar refractivity (Wildman–Crippen MR) is 98.0 cm³/mol. The lowest BCUT2D eigenvalue weighted by atomic mass is 10.1. The monoisotopic (exact) mass is 345 g/mol. The van der Waals surface area contributed by atoms with Crippen molar-refractivity contribution in [1.29, 1.82) is 0 Å². The first-order chi connectivity index (χ1) is 11.7. The first kappa shape index (κ1) is 17.0. The number of thiophene rings is 1. The van der Waals surface area contributed by atoms with Crippen LogP contribution in [0.1, 0.15) is 15.2 Å². The van der Waals surface area contributed by atoms with Gasteiger partial charge in [0, 0.05) is 38.4 Å². The van der Waals surface area contributed by atoms with Crippen LogP contribution in [-0.4, -0.2) is 56.0 Å². The van der Waals surface area contributed by atoms with E-state index in [0.29, 0.717) is 10.6 Å². The third-order valence-electron chi connectivity index (χ3n) is 4.27. The van der Waals surface area contributed by atoms with Gasteiger partial charge in [-0.05, 0) is 36.2 Å². The molecule has 0 saturated carbocycles. The summed E-state index contributed by atoms with van der Waals surface area (Å²) in [6.07, 6.45) is 0. The zero-order chi connectivity index (χ0) is 16.9. The Labute approximate surface area is 146 Å². The topological polar surface area (TPSA) is 44.8 Å². The number of nitrogens with zero attached hydrogens (tertiary/aromatic N) is 2. The number of benzene rings is 1. The van der Waals surface area contributed by atoms with Gasteiger partial charge in [0.1, 0.15) is 10.6 Å². The molecular weight excluding hydrogens is 322 g/mol. The van der Waals surface area contributed by atoms with Crippen LogP contribution in [0.25, 0.3) is 0 Å². The molecule has 0 bridgehead atoms. The molecule has 2 heterocycles. The fraction of sp³-hybridized carbons (Fsp3) is 0.389. The molecule has 3 rings (SSSR count). The summed E-state index contributed by atoms with van der Waals surface area (Å²) in [5.74, 6) is 0.484. The number of carbonyl (C=O) groups excluding carboxylic acids is 1. The van der Waals surface area contributed by atoms with E-state index in [1.807, 2.05) is 17.5 Å². The fourth-order valence-corrected chi connectivity index (χ4v) is 3.52. The van der Waals surface area contributed by atoms with Crippen molar-refractivity contribution in [2.45, 2.75) is 6.54 Å². The molecule has 1 N–H and O–H groups in total. The SMILES string of the molecule is COc1ccsc1C(=O)Nc1ccc(CN2CCN(C)CC2)cc1. The van der Waals surface area contributed by atoms with Gasteiger partial charge in [0.25, 0.3) is 5.91 Å². The molecule has 1 aliphatic rings. The molecule has 5 nitrogen and oxygen atoms in total. The van der Waals surface area contributed by atoms with Crippen LogP contribution in [0.2, 0.25) is 0 Å². The van der Waals surface area contributed by atoms with Gasteiger partial charge in [-0.25, -0.2) is 0 Å². The average Bonchev–Trinajstić information content (AvgIpc) is 3.07. The van der Waals surface area contributed by atoms with Crippen LogP contribution in [0.4, 0.5) is 5.69 Å². The number of rotatable bonds is 5. The molecule has 1 aromatic carbocycles. The highest BCUT2D eigenvalue weighted by molar-refractivity contribution is 7.12. The Morgan fingerprint density at radius 3 is 2.54 bits per heavy atom. The maximum absolute atomic E-state index is 12.3. The van der Waals surface area contributed by atoms with Crippen molar-refractivity contribution >= 4 is 22.9 Å². The van der Waals surface area contributed by atoms with Gasteiger partial charge >= 0.3 is 0 Å². The van der Waals surface area contributed by atoms with Crippen molar-refractivity contribution in [3.8, 4) is 5.75 Å². The second kappa shape index (κ2) is 7.79. The minimum Gasteiger partial charge on any atom is -0.495 e. The Morgan fingerprint density at radius 1 is 1.17 bits per heavy atom. The minimum absolute atomic E-state index is 0.131. The van der Waals surface area contributed by atoms with E-state index < -0.39 is 0 Å². The Bertz CT molecular complexity index is 676. The summed E-state index contributed by atoms with van der Waals surface area (Å²) in [5, 5.41) is 4.78. The van der Waals surface area contributed by atoms with Crippen LogP contribution >= 0.6 is 11.3 Å². The first-order valence-electron chi connectivity index (χ1n) is 8.08. The highest BCUT2D eigenvalue weighted by Gasteiger charge is 2.15. The van der Waals surface area contributed by atoms with E-state index in [1.54, 1.807) is 13.2 Å². The lowest BCUT2D eigenvalue weighted by molar-refractivity contribution is 0.102. The molecule has 1 saturated heterocycles. The summed E-state index contributed by atoms with van der Waals surface area (Å²) in [5.41, 5.74) is 2.07. The normalized spacial score (nSPS) is 16.1. The van der Waals surface area contributed by atoms with Gasteiger partial charge in [-0.15, -0.1) is 11.3 Å². The largest absolute Gasteiger partial charge is 0.495 e. The van der Waals surface area contributed by atoms with E-state index in [4.69, 9.17) is 4.74 Å². The van der Waals surface area contributed by atoms with Crippen molar-refractivity contribution < 1.29 is 9.53 Å². The molecule has 0 unspecified atom stereocenters. The van der Waals surface area contributed by atoms with E-state index in [9.17, 15) is 4.79 Å². The third-order valence-corrected chi connectivity index (χ3v) is 5.16. The zero-order valence-electron chi connectivity index (χ0n) is 14.1. The smallest absolute Gasteiger partial charge is 0.269 e. The number of anilines is 1. The number of hydrogen-bond acceptors (Lipinski definition) is 5. The molecule has 1 amide bonds. The number of piperazine rings is 1. The Balaban J connectivity index is 1.57. The number of likely N-dealkylation sites (N-methyl/N-ethyl adjacent to an activating group) is 1. The van der Waals surface area contributed by atoms with Crippen LogP contribution < -0.4 is 10.1 Å². The molecule has 6 heteroatoms. The summed E-state index contributed by atoms with van der Waals surface area (Å²) >= 11 is 1.38. The van der Waals surface area contributed by atoms with Gasteiger partial charge < -0.3 is 15.0 Å². The molecule has 24 heavy (non-hydrogen) atoms. The van der Waals surface area contributed by atoms with Crippen LogP contribution in [0.5, 0.6) is 5.75 Å². The Morgan fingerprint density at radius 2 is 1.88 bits per heavy atom. The van der Waals surface area contributed by atoms with Gasteiger partial charge in [-0.1, -0.05) is 12.1 Å². The Hall–Kier alpha value is -1.89. The maximum Gasteiger partial charge on any atom is 0.269 e. The highest BCUT2D eigenvalue weighted by Crippen LogP contribution is 2.25. The minimum atomic E-state index is -0.131. The summed E-state index contributed by atoms with van der Waals surface area (Å²) in [7, 11) is 3.74. The lowest BCUT2D eigenvalue weighted by Crippen LogP contribution is -2.43. The third kappa shape index (κ3) is 4.14. The molecule has 1 fully saturated rings. The van der Waals surface area contributed by atoms with E-state index in [1.165, 1.54) is 16.9 Å². The zero-order valence-corrected chi connectivity index (χ0v) is 14.9. The molecule has 0 radical (unpaired) electrons. The second-order valence-corrected chi connectivity index (χ2v) is 6.96. The van der Waals surface area contributed by atoms with Crippen molar-refractivity contribution in [2.75, 3.05) is 45.7 Å². The van der Waals surface area contributed by atoms with Gasteiger partial charge in [0.2, 0.25) is 0 Å². The average molecular weight is 345 g/mol. The first-order valence-corrected chi connectivity index (χ1v) is 8.96. The number of amides is 1. The van der Waals surface area contributed by atoms with E-state index in [2.05, 4.69) is 34.3 Å². The van der Waals surface area contributed by atoms with Gasteiger partial charge in [0.05, 0.1) is 7.11 Å². The van der Waals surface area contributed by atoms with Gasteiger partial charge in [-0.2, -0.15) is 0 Å². The summed E-state index contributed by atoms with van der Waals surface area (Å²) in [6.45, 7) is 5.41. The van der Waals surface area contributed by atoms with E-state index >= 15 is 0 Å². The van der Waals surface area contributed by atoms with Crippen molar-refractivity contribution in [3.05, 3.63) is 46.2 Å². The van der Waals surface area contributed by atoms with Crippen LogP contribution in [0, 0.1) is 0 Å². The summed E-state index contributed by atoms with van der Waals surface area (Å²) in [4.78, 5) is 17.7. The second-order valence-electron chi connectivity index (χ2n) is 6.05. The van der Waals surface area contributed by atoms with Crippen LogP contribution in [0.3, 0.4) is 0 Å². The summed E-state index contributed by atoms with van der Waals surface area (Å²) < 4.78 is 5.20. The number of nitrogens with one attached hydrogen (secondary N) is 1. The number of hydrogen-bond donors (Lipinski definition) is 1. The summed E-state index contributed by atoms with van der Waals surface area (Å²) in [6, 6.07) is 9.89. The number of carbonyl (C=O) groups is 1. The van der Waals surface area contributed by atoms with E-state index in [0.717, 1.165) is 38.4 Å². The molecule has 1 aliphatic heterocycles. The number of methoxy groups -OCH3 is 1. The predicted octanol–water partition coefficient (Wildman–Crippen LogP) is 2.76. The standard InChI is InChI=1S/C18H23N3O2S/c1-20-8-10-21(11-9-20)13-14-3-5-15(6-4-14)19-18(22)17-16(23-2)7-12-24-17/h3-7,12H,8-11,13H2,1-2H3,(H,19,22). The van der Waals surface area contributed by atoms with Gasteiger partial charge in [-0.3, -0.25) is 9.69 Å². The molecule has 0 aliphatic carbocycles. The molecular formula is C18H23N3O2S. The van der Waals surface area contributed by atoms with E-state index in [-0.39, 0.29) is 5.91 Å². The van der Waals surface area contributed by atoms with Crippen molar-refractivity contribution in [3.63, 3.8) is 0 Å². The van der Waals surface area contributed by atoms with Crippen molar-refractivity contribution in [1.82, 2.24) is 9.80 Å². The molecule has 0 spiro atoms. The van der Waals surface area contributed by atoms with Crippen LogP contribution in [0.15, 0.2) is 35.7 Å². The molecule has 0 atom stereocenters. The van der Waals surface area contributed by atoms with Gasteiger partial charge in [0.15, 0.2) is 0 Å². The highest BCUT2D eigenvalue weighted by atomic mass is 32.1. The fourth-order valence-electron chi connectivity index (χ4n) is 2.77. The number of ether oxygens (including phenoxy) is 1. The molecule has 128 valence electrons.